The monoisotopic (exact) mass is 355 g/mol. The van der Waals surface area contributed by atoms with Crippen LogP contribution in [0.2, 0.25) is 0 Å². The molecule has 0 saturated heterocycles. The number of nitrogens with zero attached hydrogens (tertiary/aromatic N) is 2. The number of rotatable bonds is 6. The van der Waals surface area contributed by atoms with Crippen molar-refractivity contribution in [1.29, 1.82) is 0 Å². The highest BCUT2D eigenvalue weighted by atomic mass is 32.1. The average molecular weight is 355 g/mol. The SMILES string of the molecule is CCCCCc1ccc(NC(=O)c2cnc3sc(C)cn3c2=O)cc1. The van der Waals surface area contributed by atoms with E-state index in [2.05, 4.69) is 17.2 Å². The van der Waals surface area contributed by atoms with Crippen molar-refractivity contribution in [3.63, 3.8) is 0 Å². The van der Waals surface area contributed by atoms with Gasteiger partial charge in [0.25, 0.3) is 11.5 Å². The van der Waals surface area contributed by atoms with E-state index in [-0.39, 0.29) is 11.1 Å². The van der Waals surface area contributed by atoms with E-state index in [1.54, 1.807) is 6.20 Å². The number of unbranched alkanes of at least 4 members (excludes halogenated alkanes) is 2. The number of anilines is 1. The summed E-state index contributed by atoms with van der Waals surface area (Å²) in [6, 6.07) is 7.78. The number of hydrogen-bond acceptors (Lipinski definition) is 4. The van der Waals surface area contributed by atoms with Crippen molar-refractivity contribution in [2.75, 3.05) is 5.32 Å². The molecular formula is C19H21N3O2S. The van der Waals surface area contributed by atoms with E-state index in [4.69, 9.17) is 0 Å². The molecule has 0 atom stereocenters. The van der Waals surface area contributed by atoms with Gasteiger partial charge in [0, 0.05) is 23.0 Å². The summed E-state index contributed by atoms with van der Waals surface area (Å²) in [5, 5.41) is 2.78. The summed E-state index contributed by atoms with van der Waals surface area (Å²) in [5.41, 5.74) is 1.63. The van der Waals surface area contributed by atoms with Gasteiger partial charge >= 0.3 is 0 Å². The van der Waals surface area contributed by atoms with Gasteiger partial charge in [0.05, 0.1) is 0 Å². The van der Waals surface area contributed by atoms with Gasteiger partial charge in [-0.1, -0.05) is 31.9 Å². The van der Waals surface area contributed by atoms with E-state index in [1.807, 2.05) is 31.2 Å². The molecule has 1 amide bonds. The Morgan fingerprint density at radius 2 is 2.00 bits per heavy atom. The zero-order chi connectivity index (χ0) is 17.8. The number of fused-ring (bicyclic) bond motifs is 1. The molecule has 0 radical (unpaired) electrons. The molecule has 130 valence electrons. The van der Waals surface area contributed by atoms with E-state index >= 15 is 0 Å². The van der Waals surface area contributed by atoms with Crippen LogP contribution in [-0.2, 0) is 6.42 Å². The first kappa shape index (κ1) is 17.4. The summed E-state index contributed by atoms with van der Waals surface area (Å²) in [6.07, 6.45) is 7.69. The Morgan fingerprint density at radius 1 is 1.24 bits per heavy atom. The van der Waals surface area contributed by atoms with Crippen molar-refractivity contribution in [2.24, 2.45) is 0 Å². The van der Waals surface area contributed by atoms with Crippen LogP contribution in [0, 0.1) is 6.92 Å². The zero-order valence-corrected chi connectivity index (χ0v) is 15.2. The van der Waals surface area contributed by atoms with E-state index in [9.17, 15) is 9.59 Å². The fourth-order valence-corrected chi connectivity index (χ4v) is 3.47. The third-order valence-electron chi connectivity index (χ3n) is 4.05. The van der Waals surface area contributed by atoms with Gasteiger partial charge in [-0.05, 0) is 37.5 Å². The van der Waals surface area contributed by atoms with Crippen LogP contribution in [0.5, 0.6) is 0 Å². The van der Waals surface area contributed by atoms with E-state index in [0.29, 0.717) is 10.6 Å². The minimum Gasteiger partial charge on any atom is -0.322 e. The minimum atomic E-state index is -0.436. The van der Waals surface area contributed by atoms with Gasteiger partial charge in [0.1, 0.15) is 5.56 Å². The molecule has 0 spiro atoms. The fraction of sp³-hybridized carbons (Fsp3) is 0.316. The number of carbonyl (C=O) groups excluding carboxylic acids is 1. The topological polar surface area (TPSA) is 63.5 Å². The Hall–Kier alpha value is -2.47. The molecule has 0 fully saturated rings. The smallest absolute Gasteiger partial charge is 0.271 e. The highest BCUT2D eigenvalue weighted by Gasteiger charge is 2.14. The molecule has 0 unspecified atom stereocenters. The van der Waals surface area contributed by atoms with Crippen molar-refractivity contribution in [3.8, 4) is 0 Å². The molecule has 2 aromatic heterocycles. The number of carbonyl (C=O) groups is 1. The average Bonchev–Trinajstić information content (AvgIpc) is 2.98. The summed E-state index contributed by atoms with van der Waals surface area (Å²) in [5.74, 6) is -0.436. The summed E-state index contributed by atoms with van der Waals surface area (Å²) >= 11 is 1.42. The maximum Gasteiger partial charge on any atom is 0.271 e. The van der Waals surface area contributed by atoms with Crippen LogP contribution in [0.1, 0.15) is 47.0 Å². The van der Waals surface area contributed by atoms with Gasteiger partial charge in [0.15, 0.2) is 4.96 Å². The molecule has 1 N–H and O–H groups in total. The van der Waals surface area contributed by atoms with E-state index < -0.39 is 5.91 Å². The molecular weight excluding hydrogens is 334 g/mol. The normalized spacial score (nSPS) is 11.0. The third-order valence-corrected chi connectivity index (χ3v) is 4.96. The lowest BCUT2D eigenvalue weighted by Crippen LogP contribution is -2.25. The predicted molar refractivity (Wildman–Crippen MR) is 102 cm³/mol. The van der Waals surface area contributed by atoms with Crippen LogP contribution >= 0.6 is 11.3 Å². The largest absolute Gasteiger partial charge is 0.322 e. The summed E-state index contributed by atoms with van der Waals surface area (Å²) in [7, 11) is 0. The number of nitrogens with one attached hydrogen (secondary N) is 1. The Kier molecular flexibility index (Phi) is 5.28. The van der Waals surface area contributed by atoms with Crippen molar-refractivity contribution in [2.45, 2.75) is 39.5 Å². The van der Waals surface area contributed by atoms with Gasteiger partial charge in [-0.15, -0.1) is 11.3 Å². The molecule has 2 heterocycles. The van der Waals surface area contributed by atoms with E-state index in [1.165, 1.54) is 46.8 Å². The molecule has 0 aliphatic heterocycles. The van der Waals surface area contributed by atoms with Crippen molar-refractivity contribution in [1.82, 2.24) is 9.38 Å². The lowest BCUT2D eigenvalue weighted by molar-refractivity contribution is 0.102. The second kappa shape index (κ2) is 7.61. The van der Waals surface area contributed by atoms with E-state index in [0.717, 1.165) is 11.3 Å². The molecule has 3 rings (SSSR count). The van der Waals surface area contributed by atoms with Crippen molar-refractivity contribution in [3.05, 3.63) is 63.0 Å². The molecule has 25 heavy (non-hydrogen) atoms. The van der Waals surface area contributed by atoms with Crippen LogP contribution in [0.3, 0.4) is 0 Å². The maximum atomic E-state index is 12.4. The molecule has 0 saturated carbocycles. The van der Waals surface area contributed by atoms with Gasteiger partial charge in [-0.25, -0.2) is 4.98 Å². The first-order valence-electron chi connectivity index (χ1n) is 8.46. The number of benzene rings is 1. The fourth-order valence-electron chi connectivity index (χ4n) is 2.68. The van der Waals surface area contributed by atoms with Crippen LogP contribution in [0.4, 0.5) is 5.69 Å². The van der Waals surface area contributed by atoms with Crippen molar-refractivity contribution < 1.29 is 4.79 Å². The number of thiazole rings is 1. The number of aromatic nitrogens is 2. The van der Waals surface area contributed by atoms with Gasteiger partial charge in [-0.2, -0.15) is 0 Å². The standard InChI is InChI=1S/C19H21N3O2S/c1-3-4-5-6-14-7-9-15(10-8-14)21-17(23)16-11-20-19-22(18(16)24)12-13(2)25-19/h7-12H,3-6H2,1-2H3,(H,21,23). The van der Waals surface area contributed by atoms with Gasteiger partial charge in [-0.3, -0.25) is 14.0 Å². The quantitative estimate of drug-likeness (QED) is 0.679. The molecule has 3 aromatic rings. The zero-order valence-electron chi connectivity index (χ0n) is 14.4. The Bertz CT molecular complexity index is 941. The highest BCUT2D eigenvalue weighted by molar-refractivity contribution is 7.16. The lowest BCUT2D eigenvalue weighted by atomic mass is 10.1. The minimum absolute atomic E-state index is 0.0438. The van der Waals surface area contributed by atoms with Crippen molar-refractivity contribution >= 4 is 27.9 Å². The first-order chi connectivity index (χ1) is 12.1. The van der Waals surface area contributed by atoms with Gasteiger partial charge in [0.2, 0.25) is 0 Å². The summed E-state index contributed by atoms with van der Waals surface area (Å²) < 4.78 is 1.42. The summed E-state index contributed by atoms with van der Waals surface area (Å²) in [4.78, 5) is 30.6. The molecule has 5 nitrogen and oxygen atoms in total. The molecule has 0 aliphatic carbocycles. The number of hydrogen-bond donors (Lipinski definition) is 1. The molecule has 0 bridgehead atoms. The Balaban J connectivity index is 1.74. The first-order valence-corrected chi connectivity index (χ1v) is 9.28. The second-order valence-corrected chi connectivity index (χ2v) is 7.29. The number of amides is 1. The lowest BCUT2D eigenvalue weighted by Gasteiger charge is -2.06. The second-order valence-electron chi connectivity index (χ2n) is 6.08. The van der Waals surface area contributed by atoms with Crippen LogP contribution in [-0.4, -0.2) is 15.3 Å². The summed E-state index contributed by atoms with van der Waals surface area (Å²) in [6.45, 7) is 4.09. The predicted octanol–water partition coefficient (Wildman–Crippen LogP) is 4.05. The van der Waals surface area contributed by atoms with Crippen LogP contribution in [0.15, 0.2) is 41.5 Å². The highest BCUT2D eigenvalue weighted by Crippen LogP contribution is 2.15. The van der Waals surface area contributed by atoms with Crippen LogP contribution in [0.25, 0.3) is 4.96 Å². The third kappa shape index (κ3) is 3.96. The van der Waals surface area contributed by atoms with Gasteiger partial charge < -0.3 is 5.32 Å². The maximum absolute atomic E-state index is 12.4. The van der Waals surface area contributed by atoms with Crippen LogP contribution < -0.4 is 10.9 Å². The molecule has 6 heteroatoms. The number of aryl methyl sites for hydroxylation is 2. The Labute approximate surface area is 150 Å². The molecule has 1 aromatic carbocycles. The molecule has 0 aliphatic rings. The Morgan fingerprint density at radius 3 is 2.72 bits per heavy atom.